The van der Waals surface area contributed by atoms with Crippen molar-refractivity contribution in [2.75, 3.05) is 7.11 Å². The molecule has 16 heavy (non-hydrogen) atoms. The van der Waals surface area contributed by atoms with Crippen molar-refractivity contribution in [1.82, 2.24) is 0 Å². The second-order valence-corrected chi connectivity index (χ2v) is 3.72. The highest BCUT2D eigenvalue weighted by Crippen LogP contribution is 2.19. The molecule has 1 aromatic carbocycles. The van der Waals surface area contributed by atoms with Gasteiger partial charge in [-0.05, 0) is 35.7 Å². The first-order valence-electron chi connectivity index (χ1n) is 5.20. The van der Waals surface area contributed by atoms with E-state index in [1.165, 1.54) is 0 Å². The predicted octanol–water partition coefficient (Wildman–Crippen LogP) is 2.53. The fourth-order valence-corrected chi connectivity index (χ4v) is 1.63. The molecule has 0 aliphatic heterocycles. The zero-order valence-electron chi connectivity index (χ0n) is 9.22. The van der Waals surface area contributed by atoms with Crippen molar-refractivity contribution < 1.29 is 9.15 Å². The monoisotopic (exact) mass is 217 g/mol. The van der Waals surface area contributed by atoms with E-state index in [2.05, 4.69) is 0 Å². The number of nitrogens with two attached hydrogens (primary N) is 1. The van der Waals surface area contributed by atoms with Crippen LogP contribution in [0.4, 0.5) is 0 Å². The highest BCUT2D eigenvalue weighted by Gasteiger charge is 2.07. The van der Waals surface area contributed by atoms with Crippen molar-refractivity contribution in [3.63, 3.8) is 0 Å². The summed E-state index contributed by atoms with van der Waals surface area (Å²) < 4.78 is 10.1. The number of benzene rings is 1. The van der Waals surface area contributed by atoms with Crippen LogP contribution in [0.1, 0.15) is 17.2 Å². The molecule has 0 fully saturated rings. The van der Waals surface area contributed by atoms with Gasteiger partial charge in [0.15, 0.2) is 0 Å². The molecule has 3 nitrogen and oxygen atoms in total. The topological polar surface area (TPSA) is 48.4 Å². The first kappa shape index (κ1) is 10.8. The summed E-state index contributed by atoms with van der Waals surface area (Å²) in [4.78, 5) is 0. The van der Waals surface area contributed by atoms with E-state index < -0.39 is 0 Å². The maximum absolute atomic E-state index is 6.10. The quantitative estimate of drug-likeness (QED) is 0.856. The highest BCUT2D eigenvalue weighted by atomic mass is 16.5. The number of hydrogen-bond donors (Lipinski definition) is 1. The predicted molar refractivity (Wildman–Crippen MR) is 62.3 cm³/mol. The Morgan fingerprint density at radius 1 is 1.25 bits per heavy atom. The number of methoxy groups -OCH3 is 1. The van der Waals surface area contributed by atoms with Crippen LogP contribution in [0.5, 0.6) is 5.75 Å². The summed E-state index contributed by atoms with van der Waals surface area (Å²) in [7, 11) is 1.65. The van der Waals surface area contributed by atoms with Gasteiger partial charge in [0.05, 0.1) is 19.6 Å². The minimum Gasteiger partial charge on any atom is -0.497 e. The van der Waals surface area contributed by atoms with Gasteiger partial charge in [0.1, 0.15) is 5.75 Å². The molecule has 0 radical (unpaired) electrons. The van der Waals surface area contributed by atoms with Crippen molar-refractivity contribution >= 4 is 0 Å². The summed E-state index contributed by atoms with van der Waals surface area (Å²) in [6.45, 7) is 0. The van der Waals surface area contributed by atoms with Gasteiger partial charge in [-0.2, -0.15) is 0 Å². The normalized spacial score (nSPS) is 12.4. The van der Waals surface area contributed by atoms with Gasteiger partial charge in [-0.15, -0.1) is 0 Å². The standard InChI is InChI=1S/C13H15NO2/c1-15-12-4-2-11(3-5-12)13(14)8-10-6-7-16-9-10/h2-7,9,13H,8,14H2,1H3. The Balaban J connectivity index is 2.05. The molecule has 0 saturated heterocycles. The molecule has 1 heterocycles. The molecule has 0 spiro atoms. The zero-order valence-corrected chi connectivity index (χ0v) is 9.22. The van der Waals surface area contributed by atoms with E-state index in [9.17, 15) is 0 Å². The highest BCUT2D eigenvalue weighted by molar-refractivity contribution is 5.29. The fraction of sp³-hybridized carbons (Fsp3) is 0.231. The molecule has 0 aliphatic rings. The van der Waals surface area contributed by atoms with Crippen LogP contribution in [0.15, 0.2) is 47.3 Å². The van der Waals surface area contributed by atoms with E-state index in [0.29, 0.717) is 0 Å². The lowest BCUT2D eigenvalue weighted by atomic mass is 10.0. The summed E-state index contributed by atoms with van der Waals surface area (Å²) in [5, 5.41) is 0. The summed E-state index contributed by atoms with van der Waals surface area (Å²) in [6.07, 6.45) is 4.17. The van der Waals surface area contributed by atoms with Crippen molar-refractivity contribution in [3.8, 4) is 5.75 Å². The van der Waals surface area contributed by atoms with E-state index in [1.54, 1.807) is 19.6 Å². The van der Waals surface area contributed by atoms with Crippen LogP contribution in [0, 0.1) is 0 Å². The van der Waals surface area contributed by atoms with Crippen LogP contribution in [-0.4, -0.2) is 7.11 Å². The molecular weight excluding hydrogens is 202 g/mol. The van der Waals surface area contributed by atoms with Crippen LogP contribution >= 0.6 is 0 Å². The van der Waals surface area contributed by atoms with E-state index in [0.717, 1.165) is 23.3 Å². The largest absolute Gasteiger partial charge is 0.497 e. The van der Waals surface area contributed by atoms with Crippen LogP contribution in [0.2, 0.25) is 0 Å². The molecule has 2 rings (SSSR count). The lowest BCUT2D eigenvalue weighted by Gasteiger charge is -2.11. The molecule has 0 aliphatic carbocycles. The molecule has 2 aromatic rings. The molecule has 0 bridgehead atoms. The fourth-order valence-electron chi connectivity index (χ4n) is 1.63. The summed E-state index contributed by atoms with van der Waals surface area (Å²) in [5.74, 6) is 0.847. The maximum Gasteiger partial charge on any atom is 0.118 e. The molecule has 2 N–H and O–H groups in total. The van der Waals surface area contributed by atoms with Gasteiger partial charge in [-0.25, -0.2) is 0 Å². The lowest BCUT2D eigenvalue weighted by Crippen LogP contribution is -2.12. The van der Waals surface area contributed by atoms with Gasteiger partial charge < -0.3 is 14.9 Å². The number of ether oxygens (including phenoxy) is 1. The average Bonchev–Trinajstić information content (AvgIpc) is 2.82. The van der Waals surface area contributed by atoms with Gasteiger partial charge in [-0.1, -0.05) is 12.1 Å². The number of hydrogen-bond acceptors (Lipinski definition) is 3. The summed E-state index contributed by atoms with van der Waals surface area (Å²) in [6, 6.07) is 9.74. The first-order chi connectivity index (χ1) is 7.79. The van der Waals surface area contributed by atoms with Crippen molar-refractivity contribution in [1.29, 1.82) is 0 Å². The second kappa shape index (κ2) is 4.86. The average molecular weight is 217 g/mol. The lowest BCUT2D eigenvalue weighted by molar-refractivity contribution is 0.414. The van der Waals surface area contributed by atoms with E-state index in [-0.39, 0.29) is 6.04 Å². The van der Waals surface area contributed by atoms with Gasteiger partial charge in [-0.3, -0.25) is 0 Å². The summed E-state index contributed by atoms with van der Waals surface area (Å²) in [5.41, 5.74) is 8.31. The first-order valence-corrected chi connectivity index (χ1v) is 5.20. The zero-order chi connectivity index (χ0) is 11.4. The van der Waals surface area contributed by atoms with E-state index >= 15 is 0 Å². The summed E-state index contributed by atoms with van der Waals surface area (Å²) >= 11 is 0. The van der Waals surface area contributed by atoms with Gasteiger partial charge in [0.25, 0.3) is 0 Å². The van der Waals surface area contributed by atoms with Crippen molar-refractivity contribution in [2.24, 2.45) is 5.73 Å². The Kier molecular flexibility index (Phi) is 3.27. The van der Waals surface area contributed by atoms with Crippen LogP contribution in [-0.2, 0) is 6.42 Å². The Morgan fingerprint density at radius 3 is 2.56 bits per heavy atom. The minimum atomic E-state index is -0.0106. The second-order valence-electron chi connectivity index (χ2n) is 3.72. The van der Waals surface area contributed by atoms with Gasteiger partial charge in [0.2, 0.25) is 0 Å². The van der Waals surface area contributed by atoms with E-state index in [4.69, 9.17) is 14.9 Å². The van der Waals surface area contributed by atoms with Crippen LogP contribution in [0.3, 0.4) is 0 Å². The smallest absolute Gasteiger partial charge is 0.118 e. The van der Waals surface area contributed by atoms with Crippen molar-refractivity contribution in [2.45, 2.75) is 12.5 Å². The third-order valence-corrected chi connectivity index (χ3v) is 2.58. The Hall–Kier alpha value is -1.74. The third kappa shape index (κ3) is 2.44. The molecular formula is C13H15NO2. The van der Waals surface area contributed by atoms with Gasteiger partial charge >= 0.3 is 0 Å². The molecule has 0 amide bonds. The number of furan rings is 1. The number of rotatable bonds is 4. The Bertz CT molecular complexity index is 420. The van der Waals surface area contributed by atoms with Crippen LogP contribution in [0.25, 0.3) is 0 Å². The SMILES string of the molecule is COc1ccc(C(N)Cc2ccoc2)cc1. The van der Waals surface area contributed by atoms with Crippen molar-refractivity contribution in [3.05, 3.63) is 54.0 Å². The minimum absolute atomic E-state index is 0.0106. The molecule has 84 valence electrons. The molecule has 3 heteroatoms. The van der Waals surface area contributed by atoms with E-state index in [1.807, 2.05) is 30.3 Å². The van der Waals surface area contributed by atoms with Gasteiger partial charge in [0, 0.05) is 6.04 Å². The molecule has 1 unspecified atom stereocenters. The molecule has 1 atom stereocenters. The molecule has 1 aromatic heterocycles. The Morgan fingerprint density at radius 2 is 2.00 bits per heavy atom. The van der Waals surface area contributed by atoms with Crippen LogP contribution < -0.4 is 10.5 Å². The third-order valence-electron chi connectivity index (χ3n) is 2.58. The molecule has 0 saturated carbocycles. The maximum atomic E-state index is 6.10. The Labute approximate surface area is 94.8 Å².